The normalized spacial score (nSPS) is 10.3. The van der Waals surface area contributed by atoms with Crippen LogP contribution in [0.15, 0.2) is 30.4 Å². The van der Waals surface area contributed by atoms with Crippen molar-refractivity contribution in [1.82, 2.24) is 5.32 Å². The van der Waals surface area contributed by atoms with Gasteiger partial charge >= 0.3 is 0 Å². The second kappa shape index (κ2) is 7.36. The van der Waals surface area contributed by atoms with Crippen molar-refractivity contribution in [1.29, 1.82) is 0 Å². The minimum Gasteiger partial charge on any atom is -0.489 e. The number of rotatable bonds is 7. The molecule has 2 nitrogen and oxygen atoms in total. The molecule has 0 fully saturated rings. The van der Waals surface area contributed by atoms with E-state index in [1.54, 1.807) is 0 Å². The molecule has 0 unspecified atom stereocenters. The molecule has 0 saturated carbocycles. The molecule has 0 aromatic heterocycles. The number of halogens is 1. The van der Waals surface area contributed by atoms with E-state index < -0.39 is 0 Å². The Labute approximate surface area is 109 Å². The molecule has 0 aliphatic carbocycles. The number of ether oxygens (including phenoxy) is 1. The van der Waals surface area contributed by atoms with Gasteiger partial charge in [-0.05, 0) is 30.7 Å². The lowest BCUT2D eigenvalue weighted by atomic mass is 10.2. The van der Waals surface area contributed by atoms with Gasteiger partial charge in [0, 0.05) is 17.1 Å². The molecule has 3 heteroatoms. The van der Waals surface area contributed by atoms with Crippen molar-refractivity contribution in [2.24, 2.45) is 0 Å². The summed E-state index contributed by atoms with van der Waals surface area (Å²) in [5.74, 6) is 0.841. The third-order valence-electron chi connectivity index (χ3n) is 2.56. The van der Waals surface area contributed by atoms with E-state index in [-0.39, 0.29) is 0 Å². The van der Waals surface area contributed by atoms with Gasteiger partial charge in [-0.25, -0.2) is 0 Å². The van der Waals surface area contributed by atoms with Crippen LogP contribution >= 0.6 is 11.6 Å². The van der Waals surface area contributed by atoms with E-state index in [0.29, 0.717) is 6.61 Å². The average Bonchev–Trinajstić information content (AvgIpc) is 2.34. The van der Waals surface area contributed by atoms with Crippen molar-refractivity contribution in [3.05, 3.63) is 40.9 Å². The molecule has 0 aliphatic rings. The first-order valence-corrected chi connectivity index (χ1v) is 6.34. The van der Waals surface area contributed by atoms with Gasteiger partial charge in [0.05, 0.1) is 0 Å². The van der Waals surface area contributed by atoms with Gasteiger partial charge in [0.2, 0.25) is 0 Å². The van der Waals surface area contributed by atoms with E-state index >= 15 is 0 Å². The molecule has 0 atom stereocenters. The number of hydrogen-bond donors (Lipinski definition) is 1. The van der Waals surface area contributed by atoms with E-state index in [1.807, 2.05) is 18.2 Å². The van der Waals surface area contributed by atoms with E-state index in [1.165, 1.54) is 0 Å². The van der Waals surface area contributed by atoms with Crippen LogP contribution in [0.4, 0.5) is 0 Å². The Bertz CT molecular complexity index is 376. The monoisotopic (exact) mass is 253 g/mol. The largest absolute Gasteiger partial charge is 0.489 e. The second-order valence-corrected chi connectivity index (χ2v) is 4.30. The van der Waals surface area contributed by atoms with E-state index in [9.17, 15) is 0 Å². The Morgan fingerprint density at radius 2 is 2.18 bits per heavy atom. The molecule has 1 rings (SSSR count). The fourth-order valence-corrected chi connectivity index (χ4v) is 1.61. The second-order valence-electron chi connectivity index (χ2n) is 3.89. The predicted molar refractivity (Wildman–Crippen MR) is 73.8 cm³/mol. The maximum Gasteiger partial charge on any atom is 0.125 e. The Kier molecular flexibility index (Phi) is 6.09. The molecule has 0 aliphatic heterocycles. The topological polar surface area (TPSA) is 21.3 Å². The lowest BCUT2D eigenvalue weighted by molar-refractivity contribution is 0.344. The van der Waals surface area contributed by atoms with Gasteiger partial charge in [-0.15, -0.1) is 0 Å². The maximum atomic E-state index is 6.17. The highest BCUT2D eigenvalue weighted by atomic mass is 35.5. The number of nitrogens with one attached hydrogen (secondary N) is 1. The predicted octanol–water partition coefficient (Wildman–Crippen LogP) is 3.79. The minimum atomic E-state index is 0.552. The lowest BCUT2D eigenvalue weighted by Crippen LogP contribution is -2.13. The standard InChI is InChI=1S/C14H20ClNO/c1-4-11(3)10-17-14-8-6-7-13(15)12(14)9-16-5-2/h6-8,16H,3-5,9-10H2,1-2H3. The van der Waals surface area contributed by atoms with Crippen molar-refractivity contribution in [2.75, 3.05) is 13.2 Å². The van der Waals surface area contributed by atoms with Crippen LogP contribution in [0.1, 0.15) is 25.8 Å². The zero-order valence-electron chi connectivity index (χ0n) is 10.6. The van der Waals surface area contributed by atoms with Crippen molar-refractivity contribution >= 4 is 11.6 Å². The van der Waals surface area contributed by atoms with Crippen molar-refractivity contribution in [3.8, 4) is 5.75 Å². The Hall–Kier alpha value is -0.990. The van der Waals surface area contributed by atoms with Crippen LogP contribution in [0.3, 0.4) is 0 Å². The van der Waals surface area contributed by atoms with Crippen LogP contribution in [-0.4, -0.2) is 13.2 Å². The van der Waals surface area contributed by atoms with Crippen molar-refractivity contribution in [3.63, 3.8) is 0 Å². The average molecular weight is 254 g/mol. The molecule has 94 valence electrons. The van der Waals surface area contributed by atoms with E-state index in [0.717, 1.165) is 41.4 Å². The summed E-state index contributed by atoms with van der Waals surface area (Å²) in [7, 11) is 0. The zero-order chi connectivity index (χ0) is 12.7. The molecule has 0 spiro atoms. The summed E-state index contributed by atoms with van der Waals surface area (Å²) in [5, 5.41) is 4.00. The van der Waals surface area contributed by atoms with Gasteiger partial charge in [0.15, 0.2) is 0 Å². The highest BCUT2D eigenvalue weighted by molar-refractivity contribution is 6.31. The summed E-state index contributed by atoms with van der Waals surface area (Å²) in [6.07, 6.45) is 0.934. The van der Waals surface area contributed by atoms with Crippen LogP contribution in [0.25, 0.3) is 0 Å². The fourth-order valence-electron chi connectivity index (χ4n) is 1.38. The summed E-state index contributed by atoms with van der Waals surface area (Å²) in [6.45, 7) is 10.3. The van der Waals surface area contributed by atoms with E-state index in [2.05, 4.69) is 25.7 Å². The third-order valence-corrected chi connectivity index (χ3v) is 2.91. The molecule has 0 heterocycles. The summed E-state index contributed by atoms with van der Waals surface area (Å²) < 4.78 is 5.74. The zero-order valence-corrected chi connectivity index (χ0v) is 11.3. The fraction of sp³-hybridized carbons (Fsp3) is 0.429. The smallest absolute Gasteiger partial charge is 0.125 e. The summed E-state index contributed by atoms with van der Waals surface area (Å²) in [4.78, 5) is 0. The van der Waals surface area contributed by atoms with Crippen LogP contribution in [0, 0.1) is 0 Å². The van der Waals surface area contributed by atoms with Gasteiger partial charge in [-0.2, -0.15) is 0 Å². The summed E-state index contributed by atoms with van der Waals surface area (Å²) >= 11 is 6.17. The lowest BCUT2D eigenvalue weighted by Gasteiger charge is -2.13. The summed E-state index contributed by atoms with van der Waals surface area (Å²) in [6, 6.07) is 5.74. The Balaban J connectivity index is 2.75. The van der Waals surface area contributed by atoms with Gasteiger partial charge in [0.1, 0.15) is 12.4 Å². The van der Waals surface area contributed by atoms with Gasteiger partial charge in [-0.3, -0.25) is 0 Å². The maximum absolute atomic E-state index is 6.17. The third kappa shape index (κ3) is 4.41. The van der Waals surface area contributed by atoms with Crippen LogP contribution in [0.5, 0.6) is 5.75 Å². The highest BCUT2D eigenvalue weighted by Crippen LogP contribution is 2.26. The van der Waals surface area contributed by atoms with E-state index in [4.69, 9.17) is 16.3 Å². The summed E-state index contributed by atoms with van der Waals surface area (Å²) in [5.41, 5.74) is 2.10. The van der Waals surface area contributed by atoms with Gasteiger partial charge in [0.25, 0.3) is 0 Å². The molecule has 0 radical (unpaired) electrons. The highest BCUT2D eigenvalue weighted by Gasteiger charge is 2.07. The number of benzene rings is 1. The quantitative estimate of drug-likeness (QED) is 0.747. The SMILES string of the molecule is C=C(CC)COc1cccc(Cl)c1CNCC. The minimum absolute atomic E-state index is 0.552. The Morgan fingerprint density at radius 3 is 2.82 bits per heavy atom. The molecule has 0 saturated heterocycles. The van der Waals surface area contributed by atoms with Crippen LogP contribution in [-0.2, 0) is 6.54 Å². The molecule has 17 heavy (non-hydrogen) atoms. The Morgan fingerprint density at radius 1 is 1.41 bits per heavy atom. The van der Waals surface area contributed by atoms with Crippen LogP contribution < -0.4 is 10.1 Å². The first-order chi connectivity index (χ1) is 8.19. The molecule has 1 N–H and O–H groups in total. The van der Waals surface area contributed by atoms with Crippen molar-refractivity contribution < 1.29 is 4.74 Å². The molecule has 1 aromatic carbocycles. The number of hydrogen-bond acceptors (Lipinski definition) is 2. The van der Waals surface area contributed by atoms with Gasteiger partial charge < -0.3 is 10.1 Å². The molecule has 0 bridgehead atoms. The molecular formula is C14H20ClNO. The van der Waals surface area contributed by atoms with Gasteiger partial charge in [-0.1, -0.05) is 38.1 Å². The first-order valence-electron chi connectivity index (χ1n) is 5.96. The molecule has 0 amide bonds. The first kappa shape index (κ1) is 14.1. The van der Waals surface area contributed by atoms with Crippen LogP contribution in [0.2, 0.25) is 5.02 Å². The molecule has 1 aromatic rings. The van der Waals surface area contributed by atoms with Crippen molar-refractivity contribution in [2.45, 2.75) is 26.8 Å². The molecular weight excluding hydrogens is 234 g/mol.